The second-order valence-electron chi connectivity index (χ2n) is 5.33. The molecule has 1 N–H and O–H groups in total. The van der Waals surface area contributed by atoms with Crippen LogP contribution in [0.15, 0.2) is 42.7 Å². The molecule has 3 rings (SSSR count). The average molecular weight is 418 g/mol. The predicted molar refractivity (Wildman–Crippen MR) is 88.3 cm³/mol. The number of aromatic nitrogens is 3. The van der Waals surface area contributed by atoms with Crippen LogP contribution in [0.25, 0.3) is 10.4 Å². The summed E-state index contributed by atoms with van der Waals surface area (Å²) >= 11 is 0.553. The summed E-state index contributed by atoms with van der Waals surface area (Å²) in [6.07, 6.45) is -7.60. The number of Topliss-reactive ketones (excluding diaryl/α,β-unsaturated/α-hetero) is 1. The molecule has 0 atom stereocenters. The zero-order chi connectivity index (χ0) is 20.5. The van der Waals surface area contributed by atoms with Gasteiger partial charge in [-0.15, -0.1) is 11.3 Å². The molecule has 1 aromatic carbocycles. The van der Waals surface area contributed by atoms with Crippen molar-refractivity contribution in [3.05, 3.63) is 53.4 Å². The molecule has 2 heterocycles. The molecular weight excluding hydrogens is 410 g/mol. The first-order chi connectivity index (χ1) is 13.0. The second-order valence-corrected chi connectivity index (χ2v) is 6.36. The number of halogens is 6. The molecule has 146 valence electrons. The van der Waals surface area contributed by atoms with Crippen molar-refractivity contribution in [2.24, 2.45) is 0 Å². The van der Waals surface area contributed by atoms with Crippen molar-refractivity contribution in [2.75, 3.05) is 5.32 Å². The van der Waals surface area contributed by atoms with E-state index in [1.54, 1.807) is 6.07 Å². The van der Waals surface area contributed by atoms with Crippen LogP contribution in [-0.2, 0) is 6.18 Å². The molecule has 0 aliphatic carbocycles. The quantitative estimate of drug-likeness (QED) is 0.471. The average Bonchev–Trinajstić information content (AvgIpc) is 3.10. The lowest BCUT2D eigenvalue weighted by molar-refractivity contribution is -0.141. The smallest absolute Gasteiger partial charge is 0.324 e. The Morgan fingerprint density at radius 3 is 2.46 bits per heavy atom. The minimum absolute atomic E-state index is 0.279. The molecule has 0 unspecified atom stereocenters. The Morgan fingerprint density at radius 2 is 1.79 bits per heavy atom. The Kier molecular flexibility index (Phi) is 5.06. The van der Waals surface area contributed by atoms with Gasteiger partial charge < -0.3 is 5.32 Å². The maximum absolute atomic E-state index is 12.7. The van der Waals surface area contributed by atoms with Gasteiger partial charge in [0.25, 0.3) is 5.78 Å². The highest BCUT2D eigenvalue weighted by Crippen LogP contribution is 2.32. The van der Waals surface area contributed by atoms with Crippen molar-refractivity contribution >= 4 is 28.8 Å². The lowest BCUT2D eigenvalue weighted by Gasteiger charge is -2.09. The zero-order valence-electron chi connectivity index (χ0n) is 13.5. The number of nitrogens with zero attached hydrogens (tertiary/aromatic N) is 3. The van der Waals surface area contributed by atoms with Crippen molar-refractivity contribution in [3.8, 4) is 10.4 Å². The standard InChI is InChI=1S/C16H8F6N4OS/c17-15(18,19)11-4-5-23-14(26-11)25-9-3-1-2-8(6-9)10-7-24-13(28-10)12(27)16(20,21)22/h1-7H,(H,23,25,26). The van der Waals surface area contributed by atoms with Gasteiger partial charge in [-0.25, -0.2) is 15.0 Å². The highest BCUT2D eigenvalue weighted by atomic mass is 32.1. The molecule has 0 fully saturated rings. The Morgan fingerprint density at radius 1 is 1.04 bits per heavy atom. The Hall–Kier alpha value is -3.02. The van der Waals surface area contributed by atoms with Gasteiger partial charge in [0, 0.05) is 18.1 Å². The van der Waals surface area contributed by atoms with Gasteiger partial charge in [0.05, 0.1) is 4.88 Å². The number of carbonyl (C=O) groups excluding carboxylic acids is 1. The summed E-state index contributed by atoms with van der Waals surface area (Å²) in [5.74, 6) is -2.35. The molecule has 0 radical (unpaired) electrons. The van der Waals surface area contributed by atoms with Crippen LogP contribution in [0, 0.1) is 0 Å². The minimum Gasteiger partial charge on any atom is -0.324 e. The number of rotatable bonds is 4. The van der Waals surface area contributed by atoms with E-state index in [4.69, 9.17) is 0 Å². The maximum atomic E-state index is 12.7. The van der Waals surface area contributed by atoms with E-state index < -0.39 is 28.8 Å². The number of benzene rings is 1. The summed E-state index contributed by atoms with van der Waals surface area (Å²) in [6.45, 7) is 0. The first kappa shape index (κ1) is 19.7. The van der Waals surface area contributed by atoms with Gasteiger partial charge >= 0.3 is 12.4 Å². The first-order valence-corrected chi connectivity index (χ1v) is 8.21. The van der Waals surface area contributed by atoms with Crippen molar-refractivity contribution < 1.29 is 31.1 Å². The molecule has 0 amide bonds. The normalized spacial score (nSPS) is 12.1. The van der Waals surface area contributed by atoms with Gasteiger partial charge in [0.15, 0.2) is 5.01 Å². The third-order valence-electron chi connectivity index (χ3n) is 3.31. The van der Waals surface area contributed by atoms with Crippen LogP contribution in [0.1, 0.15) is 15.5 Å². The molecular formula is C16H8F6N4OS. The number of nitrogens with one attached hydrogen (secondary N) is 1. The predicted octanol–water partition coefficient (Wildman–Crippen LogP) is 5.11. The largest absolute Gasteiger partial charge is 0.457 e. The Bertz CT molecular complexity index is 1010. The number of anilines is 2. The minimum atomic E-state index is -5.03. The SMILES string of the molecule is O=C(c1ncc(-c2cccc(Nc3nccc(C(F)(F)F)n3)c2)s1)C(F)(F)F. The van der Waals surface area contributed by atoms with E-state index in [2.05, 4.69) is 20.3 Å². The van der Waals surface area contributed by atoms with Crippen LogP contribution in [-0.4, -0.2) is 26.9 Å². The van der Waals surface area contributed by atoms with Crippen LogP contribution in [0.3, 0.4) is 0 Å². The molecule has 0 spiro atoms. The summed E-state index contributed by atoms with van der Waals surface area (Å²) in [7, 11) is 0. The number of ketones is 1. The molecule has 12 heteroatoms. The number of carbonyl (C=O) groups is 1. The summed E-state index contributed by atoms with van der Waals surface area (Å²) in [5, 5.41) is 1.89. The number of alkyl halides is 6. The molecule has 5 nitrogen and oxygen atoms in total. The highest BCUT2D eigenvalue weighted by molar-refractivity contribution is 7.17. The summed E-state index contributed by atoms with van der Waals surface area (Å²) < 4.78 is 75.6. The van der Waals surface area contributed by atoms with Gasteiger partial charge in [-0.2, -0.15) is 26.3 Å². The van der Waals surface area contributed by atoms with Crippen molar-refractivity contribution in [3.63, 3.8) is 0 Å². The van der Waals surface area contributed by atoms with Crippen molar-refractivity contribution in [1.82, 2.24) is 15.0 Å². The fourth-order valence-corrected chi connectivity index (χ4v) is 2.96. The second kappa shape index (κ2) is 7.19. The number of hydrogen-bond donors (Lipinski definition) is 1. The Labute approximate surface area is 157 Å². The molecule has 0 bridgehead atoms. The zero-order valence-corrected chi connectivity index (χ0v) is 14.3. The van der Waals surface area contributed by atoms with Gasteiger partial charge in [-0.3, -0.25) is 4.79 Å². The van der Waals surface area contributed by atoms with E-state index in [1.807, 2.05) is 0 Å². The van der Waals surface area contributed by atoms with Gasteiger partial charge in [-0.1, -0.05) is 12.1 Å². The number of thiazole rings is 1. The third kappa shape index (κ3) is 4.44. The van der Waals surface area contributed by atoms with E-state index in [-0.39, 0.29) is 10.8 Å². The van der Waals surface area contributed by atoms with E-state index in [0.717, 1.165) is 18.5 Å². The van der Waals surface area contributed by atoms with E-state index in [1.165, 1.54) is 18.2 Å². The van der Waals surface area contributed by atoms with Crippen LogP contribution in [0.2, 0.25) is 0 Å². The molecule has 0 aliphatic heterocycles. The van der Waals surface area contributed by atoms with E-state index in [0.29, 0.717) is 22.6 Å². The fourth-order valence-electron chi connectivity index (χ4n) is 2.09. The van der Waals surface area contributed by atoms with Crippen molar-refractivity contribution in [2.45, 2.75) is 12.4 Å². The Balaban J connectivity index is 1.84. The molecule has 28 heavy (non-hydrogen) atoms. The molecule has 0 saturated heterocycles. The lowest BCUT2D eigenvalue weighted by Crippen LogP contribution is -2.22. The summed E-state index contributed by atoms with van der Waals surface area (Å²) in [4.78, 5) is 22.1. The first-order valence-electron chi connectivity index (χ1n) is 7.39. The van der Waals surface area contributed by atoms with Crippen LogP contribution in [0.5, 0.6) is 0 Å². The van der Waals surface area contributed by atoms with Crippen molar-refractivity contribution in [1.29, 1.82) is 0 Å². The molecule has 0 saturated carbocycles. The number of hydrogen-bond acceptors (Lipinski definition) is 6. The van der Waals surface area contributed by atoms with Crippen LogP contribution in [0.4, 0.5) is 38.0 Å². The molecule has 3 aromatic rings. The van der Waals surface area contributed by atoms with E-state index >= 15 is 0 Å². The topological polar surface area (TPSA) is 67.8 Å². The van der Waals surface area contributed by atoms with Crippen LogP contribution < -0.4 is 5.32 Å². The van der Waals surface area contributed by atoms with Crippen LogP contribution >= 0.6 is 11.3 Å². The van der Waals surface area contributed by atoms with Gasteiger partial charge in [-0.05, 0) is 23.8 Å². The third-order valence-corrected chi connectivity index (χ3v) is 4.35. The fraction of sp³-hybridized carbons (Fsp3) is 0.125. The summed E-state index contributed by atoms with van der Waals surface area (Å²) in [5.41, 5.74) is -0.413. The molecule has 2 aromatic heterocycles. The monoisotopic (exact) mass is 418 g/mol. The maximum Gasteiger partial charge on any atom is 0.457 e. The lowest BCUT2D eigenvalue weighted by atomic mass is 10.2. The van der Waals surface area contributed by atoms with Gasteiger partial charge in [0.2, 0.25) is 5.95 Å². The van der Waals surface area contributed by atoms with Gasteiger partial charge in [0.1, 0.15) is 5.69 Å². The summed E-state index contributed by atoms with van der Waals surface area (Å²) in [6, 6.07) is 6.76. The highest BCUT2D eigenvalue weighted by Gasteiger charge is 2.41. The molecule has 0 aliphatic rings. The van der Waals surface area contributed by atoms with E-state index in [9.17, 15) is 31.1 Å².